The van der Waals surface area contributed by atoms with Gasteiger partial charge in [-0.1, -0.05) is 132 Å². The summed E-state index contributed by atoms with van der Waals surface area (Å²) in [4.78, 5) is 56.3. The van der Waals surface area contributed by atoms with Crippen molar-refractivity contribution in [2.45, 2.75) is 148 Å². The third kappa shape index (κ3) is 9.37. The molecule has 3 fully saturated rings. The molecule has 5 rings (SSSR count). The Balaban J connectivity index is 1.13. The van der Waals surface area contributed by atoms with E-state index < -0.39 is 47.7 Å². The molecule has 1 aromatic rings. The summed E-state index contributed by atoms with van der Waals surface area (Å²) in [5.74, 6) is 0.814. The van der Waals surface area contributed by atoms with Crippen molar-refractivity contribution in [2.24, 2.45) is 10.8 Å². The molecule has 0 aliphatic carbocycles. The van der Waals surface area contributed by atoms with Crippen molar-refractivity contribution in [3.63, 3.8) is 0 Å². The van der Waals surface area contributed by atoms with E-state index >= 15 is 0 Å². The molecular weight excluding hydrogens is 701 g/mol. The number of ether oxygens (including phenoxy) is 3. The summed E-state index contributed by atoms with van der Waals surface area (Å²) in [6, 6.07) is 3.90. The van der Waals surface area contributed by atoms with E-state index in [0.717, 1.165) is 46.8 Å². The summed E-state index contributed by atoms with van der Waals surface area (Å²) >= 11 is 3.55. The number of hydrogen-bond donors (Lipinski definition) is 1. The standard InChI is InChI=1S/C38H57BBrN3O7/c1-37(2,3)32(41-35(46)49-24-38(4,5)18-7-8-19-39-26-13-10-14-27(39)16-11-15-26)33(44)43-22-28(20-31(43)34(45)48-6)50-36(47)42-21-25-12-9-17-30(40)29(25)23-42/h9,12,17,26-28,31-32H,7-8,10-11,13-16,18-24H2,1-6H3,(H,41,46)/t26?,27?,28-,31+,32-/m1/s1. The average molecular weight is 759 g/mol. The van der Waals surface area contributed by atoms with Crippen LogP contribution in [0.1, 0.15) is 110 Å². The molecule has 12 heteroatoms. The van der Waals surface area contributed by atoms with Crippen LogP contribution >= 0.6 is 15.9 Å². The van der Waals surface area contributed by atoms with Crippen LogP contribution in [0.3, 0.4) is 0 Å². The number of hydrogen-bond acceptors (Lipinski definition) is 7. The van der Waals surface area contributed by atoms with Crippen LogP contribution in [-0.4, -0.2) is 79.0 Å². The Morgan fingerprint density at radius 3 is 2.30 bits per heavy atom. The molecule has 0 aromatic heterocycles. The predicted octanol–water partition coefficient (Wildman–Crippen LogP) is 7.98. The van der Waals surface area contributed by atoms with Crippen LogP contribution in [0.15, 0.2) is 22.7 Å². The summed E-state index contributed by atoms with van der Waals surface area (Å²) in [5.41, 5.74) is 1.17. The third-order valence-electron chi connectivity index (χ3n) is 11.6. The zero-order valence-electron chi connectivity index (χ0n) is 30.9. The summed E-state index contributed by atoms with van der Waals surface area (Å²) in [5, 5.41) is 2.81. The van der Waals surface area contributed by atoms with E-state index in [0.29, 0.717) is 13.1 Å². The van der Waals surface area contributed by atoms with Crippen LogP contribution < -0.4 is 5.32 Å². The van der Waals surface area contributed by atoms with Gasteiger partial charge in [0, 0.05) is 17.4 Å². The lowest BCUT2D eigenvalue weighted by Crippen LogP contribution is -2.57. The van der Waals surface area contributed by atoms with Gasteiger partial charge in [-0.05, 0) is 34.4 Å². The van der Waals surface area contributed by atoms with Gasteiger partial charge >= 0.3 is 18.2 Å². The van der Waals surface area contributed by atoms with E-state index in [9.17, 15) is 19.2 Å². The highest BCUT2D eigenvalue weighted by Gasteiger charge is 2.47. The van der Waals surface area contributed by atoms with Crippen LogP contribution in [0.4, 0.5) is 9.59 Å². The lowest BCUT2D eigenvalue weighted by Gasteiger charge is -2.40. The van der Waals surface area contributed by atoms with Crippen molar-refractivity contribution in [1.29, 1.82) is 0 Å². The maximum Gasteiger partial charge on any atom is 0.410 e. The lowest BCUT2D eigenvalue weighted by atomic mass is 9.26. The number of unbranched alkanes of at least 4 members (excludes halogenated alkanes) is 1. The molecule has 1 aromatic carbocycles. The molecule has 3 amide bonds. The molecule has 0 saturated carbocycles. The smallest absolute Gasteiger partial charge is 0.410 e. The molecule has 4 aliphatic heterocycles. The summed E-state index contributed by atoms with van der Waals surface area (Å²) in [6.07, 6.45) is 11.3. The van der Waals surface area contributed by atoms with Gasteiger partial charge in [0.15, 0.2) is 0 Å². The second kappa shape index (κ2) is 16.3. The number of carbonyl (C=O) groups excluding carboxylic acids is 4. The molecule has 0 radical (unpaired) electrons. The molecule has 0 unspecified atom stereocenters. The zero-order chi connectivity index (χ0) is 36.2. The van der Waals surface area contributed by atoms with Crippen molar-refractivity contribution in [2.75, 3.05) is 20.3 Å². The number of benzene rings is 1. The number of esters is 1. The van der Waals surface area contributed by atoms with Gasteiger partial charge in [0.05, 0.1) is 26.8 Å². The molecular formula is C38H57BBrN3O7. The molecule has 1 N–H and O–H groups in total. The van der Waals surface area contributed by atoms with Gasteiger partial charge in [0.25, 0.3) is 0 Å². The first-order valence-electron chi connectivity index (χ1n) is 18.7. The monoisotopic (exact) mass is 757 g/mol. The van der Waals surface area contributed by atoms with E-state index in [1.807, 2.05) is 39.0 Å². The first-order chi connectivity index (χ1) is 23.7. The Morgan fingerprint density at radius 2 is 1.68 bits per heavy atom. The van der Waals surface area contributed by atoms with Crippen LogP contribution in [-0.2, 0) is 36.9 Å². The normalized spacial score (nSPS) is 24.0. The Kier molecular flexibility index (Phi) is 12.5. The van der Waals surface area contributed by atoms with E-state index in [2.05, 4.69) is 35.1 Å². The number of fused-ring (bicyclic) bond motifs is 3. The van der Waals surface area contributed by atoms with Crippen molar-refractivity contribution < 1.29 is 33.4 Å². The molecule has 4 heterocycles. The van der Waals surface area contributed by atoms with Crippen molar-refractivity contribution in [1.82, 2.24) is 15.1 Å². The first-order valence-corrected chi connectivity index (χ1v) is 19.5. The van der Waals surface area contributed by atoms with Crippen molar-refractivity contribution in [3.05, 3.63) is 33.8 Å². The van der Waals surface area contributed by atoms with Gasteiger partial charge in [-0.2, -0.15) is 0 Å². The number of nitrogens with zero attached hydrogens (tertiary/aromatic N) is 2. The Labute approximate surface area is 307 Å². The Bertz CT molecular complexity index is 1380. The third-order valence-corrected chi connectivity index (χ3v) is 12.3. The van der Waals surface area contributed by atoms with Crippen molar-refractivity contribution >= 4 is 46.7 Å². The molecule has 0 spiro atoms. The minimum atomic E-state index is -0.986. The van der Waals surface area contributed by atoms with Crippen molar-refractivity contribution in [3.8, 4) is 0 Å². The highest BCUT2D eigenvalue weighted by atomic mass is 79.9. The second-order valence-electron chi connectivity index (χ2n) is 17.0. The molecule has 2 bridgehead atoms. The molecule has 3 saturated heterocycles. The number of rotatable bonds is 11. The largest absolute Gasteiger partial charge is 0.467 e. The van der Waals surface area contributed by atoms with Gasteiger partial charge in [0.1, 0.15) is 24.9 Å². The highest BCUT2D eigenvalue weighted by molar-refractivity contribution is 9.10. The van der Waals surface area contributed by atoms with Gasteiger partial charge in [0.2, 0.25) is 5.91 Å². The van der Waals surface area contributed by atoms with E-state index in [1.165, 1.54) is 63.3 Å². The topological polar surface area (TPSA) is 114 Å². The SMILES string of the molecule is COC(=O)[C@@H]1C[C@@H](OC(=O)N2Cc3cccc(Br)c3C2)CN1C(=O)[C@@H](NC(=O)OCC(C)(C)CCCCB1C2CCCC1CCC2)C(C)(C)C. The van der Waals surface area contributed by atoms with Crippen LogP contribution in [0.2, 0.25) is 18.0 Å². The number of carbonyl (C=O) groups is 4. The fraction of sp³-hybridized carbons (Fsp3) is 0.737. The number of halogens is 1. The molecule has 276 valence electrons. The summed E-state index contributed by atoms with van der Waals surface area (Å²) in [7, 11) is 1.27. The number of methoxy groups -OCH3 is 1. The Hall–Kier alpha value is -2.76. The maximum absolute atomic E-state index is 14.1. The van der Waals surface area contributed by atoms with Gasteiger partial charge in [-0.3, -0.25) is 9.69 Å². The van der Waals surface area contributed by atoms with E-state index in [4.69, 9.17) is 14.2 Å². The quantitative estimate of drug-likeness (QED) is 0.105. The van der Waals surface area contributed by atoms with Gasteiger partial charge in [-0.15, -0.1) is 0 Å². The summed E-state index contributed by atoms with van der Waals surface area (Å²) < 4.78 is 17.5. The fourth-order valence-corrected chi connectivity index (χ4v) is 9.32. The lowest BCUT2D eigenvalue weighted by molar-refractivity contribution is -0.152. The van der Waals surface area contributed by atoms with Crippen LogP contribution in [0, 0.1) is 10.8 Å². The Morgan fingerprint density at radius 1 is 1.00 bits per heavy atom. The van der Waals surface area contributed by atoms with E-state index in [1.54, 1.807) is 4.90 Å². The molecule has 3 atom stereocenters. The minimum absolute atomic E-state index is 0.00745. The number of likely N-dealkylation sites (tertiary alicyclic amines) is 1. The molecule has 50 heavy (non-hydrogen) atoms. The average Bonchev–Trinajstić information content (AvgIpc) is 3.69. The minimum Gasteiger partial charge on any atom is -0.467 e. The maximum atomic E-state index is 14.1. The highest BCUT2D eigenvalue weighted by Crippen LogP contribution is 2.48. The number of alkyl carbamates (subject to hydrolysis) is 1. The summed E-state index contributed by atoms with van der Waals surface area (Å²) in [6.45, 7) is 11.8. The zero-order valence-corrected chi connectivity index (χ0v) is 32.5. The van der Waals surface area contributed by atoms with Gasteiger partial charge in [-0.25, -0.2) is 14.4 Å². The van der Waals surface area contributed by atoms with Crippen LogP contribution in [0.25, 0.3) is 0 Å². The van der Waals surface area contributed by atoms with Crippen LogP contribution in [0.5, 0.6) is 0 Å². The second-order valence-corrected chi connectivity index (χ2v) is 17.8. The number of nitrogens with one attached hydrogen (secondary N) is 1. The fourth-order valence-electron chi connectivity index (χ4n) is 8.79. The molecule has 4 aliphatic rings. The first kappa shape index (κ1) is 38.5. The van der Waals surface area contributed by atoms with Gasteiger partial charge < -0.3 is 24.4 Å². The predicted molar refractivity (Wildman–Crippen MR) is 197 cm³/mol. The molecule has 10 nitrogen and oxygen atoms in total. The van der Waals surface area contributed by atoms with E-state index in [-0.39, 0.29) is 25.0 Å². The number of amides is 3.